The lowest BCUT2D eigenvalue weighted by atomic mass is 10.2. The largest absolute Gasteiger partial charge is 0.345 e. The quantitative estimate of drug-likeness (QED) is 0.773. The Hall–Kier alpha value is -0.960. The van der Waals surface area contributed by atoms with E-state index in [1.165, 1.54) is 0 Å². The van der Waals surface area contributed by atoms with Crippen molar-refractivity contribution in [1.29, 1.82) is 0 Å². The second-order valence-electron chi connectivity index (χ2n) is 3.66. The Kier molecular flexibility index (Phi) is 4.33. The molecule has 1 N–H and O–H groups in total. The van der Waals surface area contributed by atoms with Crippen molar-refractivity contribution in [2.45, 2.75) is 6.54 Å². The monoisotopic (exact) mass is 420 g/mol. The second-order valence-corrected chi connectivity index (χ2v) is 5.76. The molecule has 0 aliphatic rings. The SMILES string of the molecule is Cn1cnnc1CNC(=O)c1cc(I)ccc1Br. The van der Waals surface area contributed by atoms with Gasteiger partial charge in [-0.1, -0.05) is 0 Å². The van der Waals surface area contributed by atoms with Crippen molar-refractivity contribution in [3.8, 4) is 0 Å². The number of nitrogens with one attached hydrogen (secondary N) is 1. The molecule has 0 saturated carbocycles. The average molecular weight is 421 g/mol. The van der Waals surface area contributed by atoms with Crippen LogP contribution in [0.2, 0.25) is 0 Å². The van der Waals surface area contributed by atoms with Gasteiger partial charge in [0.25, 0.3) is 5.91 Å². The van der Waals surface area contributed by atoms with Crippen molar-refractivity contribution in [3.63, 3.8) is 0 Å². The Labute approximate surface area is 126 Å². The summed E-state index contributed by atoms with van der Waals surface area (Å²) in [4.78, 5) is 12.0. The predicted octanol–water partition coefficient (Wildman–Crippen LogP) is 2.11. The zero-order valence-electron chi connectivity index (χ0n) is 9.52. The van der Waals surface area contributed by atoms with Crippen LogP contribution in [0.25, 0.3) is 0 Å². The number of benzene rings is 1. The molecule has 1 amide bonds. The standard InChI is InChI=1S/C11H10BrIN4O/c1-17-6-15-16-10(17)5-14-11(18)8-4-7(13)2-3-9(8)12/h2-4,6H,5H2,1H3,(H,14,18). The molecule has 1 aromatic heterocycles. The molecule has 18 heavy (non-hydrogen) atoms. The molecular weight excluding hydrogens is 411 g/mol. The molecule has 94 valence electrons. The van der Waals surface area contributed by atoms with E-state index in [4.69, 9.17) is 0 Å². The van der Waals surface area contributed by atoms with Crippen LogP contribution in [0.5, 0.6) is 0 Å². The predicted molar refractivity (Wildman–Crippen MR) is 79.0 cm³/mol. The number of halogens is 2. The smallest absolute Gasteiger partial charge is 0.252 e. The highest BCUT2D eigenvalue weighted by Crippen LogP contribution is 2.19. The summed E-state index contributed by atoms with van der Waals surface area (Å²) in [6.45, 7) is 0.354. The van der Waals surface area contributed by atoms with Crippen molar-refractivity contribution in [2.75, 3.05) is 0 Å². The average Bonchev–Trinajstić information content (AvgIpc) is 2.75. The maximum absolute atomic E-state index is 12.0. The lowest BCUT2D eigenvalue weighted by Crippen LogP contribution is -2.24. The summed E-state index contributed by atoms with van der Waals surface area (Å²) >= 11 is 5.54. The number of carbonyl (C=O) groups is 1. The molecule has 2 rings (SSSR count). The topological polar surface area (TPSA) is 59.8 Å². The van der Waals surface area contributed by atoms with Crippen molar-refractivity contribution in [3.05, 3.63) is 44.0 Å². The molecule has 7 heteroatoms. The zero-order valence-corrected chi connectivity index (χ0v) is 13.3. The molecule has 0 bridgehead atoms. The fourth-order valence-corrected chi connectivity index (χ4v) is 2.31. The first-order valence-corrected chi connectivity index (χ1v) is 7.01. The number of rotatable bonds is 3. The number of hydrogen-bond donors (Lipinski definition) is 1. The molecule has 0 spiro atoms. The summed E-state index contributed by atoms with van der Waals surface area (Å²) in [6.07, 6.45) is 1.60. The molecule has 0 fully saturated rings. The van der Waals surface area contributed by atoms with Gasteiger partial charge in [-0.25, -0.2) is 0 Å². The maximum atomic E-state index is 12.0. The Morgan fingerprint density at radius 3 is 3.00 bits per heavy atom. The first kappa shape index (κ1) is 13.5. The molecule has 2 aromatic rings. The Morgan fingerprint density at radius 2 is 2.33 bits per heavy atom. The lowest BCUT2D eigenvalue weighted by molar-refractivity contribution is 0.0948. The summed E-state index contributed by atoms with van der Waals surface area (Å²) in [5.74, 6) is 0.577. The van der Waals surface area contributed by atoms with Gasteiger partial charge in [-0.05, 0) is 56.7 Å². The van der Waals surface area contributed by atoms with E-state index in [1.807, 2.05) is 25.2 Å². The molecule has 0 saturated heterocycles. The van der Waals surface area contributed by atoms with E-state index in [9.17, 15) is 4.79 Å². The Balaban J connectivity index is 2.08. The molecule has 0 atom stereocenters. The second kappa shape index (κ2) is 5.79. The maximum Gasteiger partial charge on any atom is 0.252 e. The first-order valence-electron chi connectivity index (χ1n) is 5.14. The molecule has 0 aliphatic heterocycles. The van der Waals surface area contributed by atoms with Gasteiger partial charge in [-0.3, -0.25) is 4.79 Å². The number of aromatic nitrogens is 3. The zero-order chi connectivity index (χ0) is 13.1. The van der Waals surface area contributed by atoms with Crippen LogP contribution in [0.3, 0.4) is 0 Å². The lowest BCUT2D eigenvalue weighted by Gasteiger charge is -2.07. The molecule has 1 heterocycles. The summed E-state index contributed by atoms with van der Waals surface area (Å²) in [7, 11) is 1.84. The minimum Gasteiger partial charge on any atom is -0.345 e. The highest BCUT2D eigenvalue weighted by Gasteiger charge is 2.11. The van der Waals surface area contributed by atoms with Gasteiger partial charge < -0.3 is 9.88 Å². The summed E-state index contributed by atoms with van der Waals surface area (Å²) in [6, 6.07) is 5.62. The van der Waals surface area contributed by atoms with E-state index < -0.39 is 0 Å². The van der Waals surface area contributed by atoms with Crippen molar-refractivity contribution in [2.24, 2.45) is 7.05 Å². The third kappa shape index (κ3) is 3.08. The van der Waals surface area contributed by atoms with Crippen LogP contribution >= 0.6 is 38.5 Å². The third-order valence-electron chi connectivity index (χ3n) is 2.39. The fourth-order valence-electron chi connectivity index (χ4n) is 1.39. The van der Waals surface area contributed by atoms with E-state index in [0.29, 0.717) is 17.9 Å². The highest BCUT2D eigenvalue weighted by atomic mass is 127. The van der Waals surface area contributed by atoms with Crippen LogP contribution in [0.15, 0.2) is 29.0 Å². The molecule has 0 radical (unpaired) electrons. The number of carbonyl (C=O) groups excluding carboxylic acids is 1. The van der Waals surface area contributed by atoms with Crippen LogP contribution < -0.4 is 5.32 Å². The van der Waals surface area contributed by atoms with Crippen LogP contribution in [0.1, 0.15) is 16.2 Å². The van der Waals surface area contributed by atoms with Crippen LogP contribution in [-0.4, -0.2) is 20.7 Å². The van der Waals surface area contributed by atoms with Gasteiger partial charge in [0, 0.05) is 15.1 Å². The third-order valence-corrected chi connectivity index (χ3v) is 3.75. The van der Waals surface area contributed by atoms with Gasteiger partial charge in [0.2, 0.25) is 0 Å². The van der Waals surface area contributed by atoms with E-state index in [1.54, 1.807) is 10.9 Å². The number of hydrogen-bond acceptors (Lipinski definition) is 3. The summed E-state index contributed by atoms with van der Waals surface area (Å²) < 4.78 is 3.56. The Morgan fingerprint density at radius 1 is 1.56 bits per heavy atom. The van der Waals surface area contributed by atoms with Gasteiger partial charge in [0.05, 0.1) is 12.1 Å². The van der Waals surface area contributed by atoms with E-state index in [-0.39, 0.29) is 5.91 Å². The van der Waals surface area contributed by atoms with Crippen molar-refractivity contribution in [1.82, 2.24) is 20.1 Å². The van der Waals surface area contributed by atoms with E-state index >= 15 is 0 Å². The number of nitrogens with zero attached hydrogens (tertiary/aromatic N) is 3. The van der Waals surface area contributed by atoms with E-state index in [0.717, 1.165) is 8.04 Å². The van der Waals surface area contributed by atoms with Crippen molar-refractivity contribution >= 4 is 44.4 Å². The van der Waals surface area contributed by atoms with Crippen LogP contribution in [-0.2, 0) is 13.6 Å². The summed E-state index contributed by atoms with van der Waals surface area (Å²) in [5.41, 5.74) is 0.615. The number of amides is 1. The normalized spacial score (nSPS) is 10.4. The fraction of sp³-hybridized carbons (Fsp3) is 0.182. The molecule has 0 unspecified atom stereocenters. The molecule has 5 nitrogen and oxygen atoms in total. The highest BCUT2D eigenvalue weighted by molar-refractivity contribution is 14.1. The Bertz CT molecular complexity index is 584. The van der Waals surface area contributed by atoms with Gasteiger partial charge in [-0.2, -0.15) is 0 Å². The van der Waals surface area contributed by atoms with Crippen LogP contribution in [0, 0.1) is 3.57 Å². The van der Waals surface area contributed by atoms with E-state index in [2.05, 4.69) is 54.0 Å². The van der Waals surface area contributed by atoms with Gasteiger partial charge in [0.1, 0.15) is 6.33 Å². The van der Waals surface area contributed by atoms with Gasteiger partial charge in [0.15, 0.2) is 5.82 Å². The first-order chi connectivity index (χ1) is 8.58. The van der Waals surface area contributed by atoms with Crippen LogP contribution in [0.4, 0.5) is 0 Å². The molecular formula is C11H10BrIN4O. The summed E-state index contributed by atoms with van der Waals surface area (Å²) in [5, 5.41) is 10.5. The van der Waals surface area contributed by atoms with Crippen molar-refractivity contribution < 1.29 is 4.79 Å². The van der Waals surface area contributed by atoms with Gasteiger partial charge >= 0.3 is 0 Å². The van der Waals surface area contributed by atoms with Gasteiger partial charge in [-0.15, -0.1) is 10.2 Å². The number of aryl methyl sites for hydroxylation is 1. The molecule has 1 aromatic carbocycles. The minimum atomic E-state index is -0.136. The minimum absolute atomic E-state index is 0.136. The molecule has 0 aliphatic carbocycles.